The van der Waals surface area contributed by atoms with Gasteiger partial charge in [0.1, 0.15) is 10.9 Å². The number of nitrogens with zero attached hydrogens (tertiary/aromatic N) is 3. The number of alkyl halides is 3. The zero-order valence-corrected chi connectivity index (χ0v) is 18.7. The third-order valence-electron chi connectivity index (χ3n) is 4.99. The van der Waals surface area contributed by atoms with Crippen molar-refractivity contribution in [1.82, 2.24) is 14.8 Å². The van der Waals surface area contributed by atoms with Crippen molar-refractivity contribution in [3.05, 3.63) is 82.8 Å². The predicted molar refractivity (Wildman–Crippen MR) is 119 cm³/mol. The number of hydrogen-bond donors (Lipinski definition) is 0. The van der Waals surface area contributed by atoms with E-state index >= 15 is 0 Å². The van der Waals surface area contributed by atoms with Gasteiger partial charge in [0.2, 0.25) is 5.88 Å². The van der Waals surface area contributed by atoms with E-state index in [1.165, 1.54) is 6.20 Å². The van der Waals surface area contributed by atoms with Crippen molar-refractivity contribution >= 4 is 28.2 Å². The fourth-order valence-electron chi connectivity index (χ4n) is 3.28. The monoisotopic (exact) mass is 473 g/mol. The summed E-state index contributed by atoms with van der Waals surface area (Å²) in [4.78, 5) is 17.1. The zero-order chi connectivity index (χ0) is 24.0. The lowest BCUT2D eigenvalue weighted by atomic mass is 10.00. The molecule has 5 nitrogen and oxygen atoms in total. The first-order chi connectivity index (χ1) is 15.4. The molecule has 0 bridgehead atoms. The van der Waals surface area contributed by atoms with E-state index in [9.17, 15) is 18.0 Å². The van der Waals surface area contributed by atoms with Crippen molar-refractivity contribution in [3.63, 3.8) is 0 Å². The Morgan fingerprint density at radius 1 is 1.03 bits per heavy atom. The van der Waals surface area contributed by atoms with Crippen LogP contribution in [0.5, 0.6) is 11.6 Å². The van der Waals surface area contributed by atoms with Crippen LogP contribution in [0.2, 0.25) is 5.15 Å². The van der Waals surface area contributed by atoms with Gasteiger partial charge in [0.25, 0.3) is 0 Å². The van der Waals surface area contributed by atoms with Crippen molar-refractivity contribution in [2.75, 3.05) is 0 Å². The van der Waals surface area contributed by atoms with E-state index in [-0.39, 0.29) is 28.5 Å². The van der Waals surface area contributed by atoms with Crippen molar-refractivity contribution in [2.45, 2.75) is 32.5 Å². The quantitative estimate of drug-likeness (QED) is 0.239. The lowest BCUT2D eigenvalue weighted by Gasteiger charge is -2.18. The Balaban J connectivity index is 1.80. The van der Waals surface area contributed by atoms with Crippen molar-refractivity contribution in [2.24, 2.45) is 0 Å². The van der Waals surface area contributed by atoms with E-state index in [2.05, 4.69) is 10.1 Å². The first kappa shape index (κ1) is 22.8. The molecule has 2 aromatic heterocycles. The topological polar surface area (TPSA) is 57.0 Å². The van der Waals surface area contributed by atoms with Crippen LogP contribution in [-0.2, 0) is 11.7 Å². The third kappa shape index (κ3) is 4.57. The van der Waals surface area contributed by atoms with E-state index in [0.29, 0.717) is 10.9 Å². The maximum Gasteiger partial charge on any atom is 0.419 e. The van der Waals surface area contributed by atoms with E-state index in [4.69, 9.17) is 16.3 Å². The number of fused-ring (bicyclic) bond motifs is 1. The number of carbonyl (C=O) groups excluding carboxylic acids is 1. The second-order valence-corrected chi connectivity index (χ2v) is 8.78. The molecule has 2 heterocycles. The van der Waals surface area contributed by atoms with Gasteiger partial charge in [-0.3, -0.25) is 9.48 Å². The van der Waals surface area contributed by atoms with Gasteiger partial charge in [-0.15, -0.1) is 0 Å². The van der Waals surface area contributed by atoms with Crippen LogP contribution >= 0.6 is 11.6 Å². The Bertz CT molecular complexity index is 1360. The number of hydrogen-bond acceptors (Lipinski definition) is 4. The van der Waals surface area contributed by atoms with Crippen molar-refractivity contribution in [1.29, 1.82) is 0 Å². The summed E-state index contributed by atoms with van der Waals surface area (Å²) >= 11 is 5.75. The minimum Gasteiger partial charge on any atom is -0.438 e. The molecule has 0 fully saturated rings. The van der Waals surface area contributed by atoms with Crippen LogP contribution in [0.1, 0.15) is 42.3 Å². The van der Waals surface area contributed by atoms with Gasteiger partial charge in [-0.1, -0.05) is 41.9 Å². The minimum atomic E-state index is -4.64. The lowest BCUT2D eigenvalue weighted by molar-refractivity contribution is -0.137. The highest BCUT2D eigenvalue weighted by Crippen LogP contribution is 2.38. The average molecular weight is 474 g/mol. The molecule has 0 aliphatic rings. The molecule has 0 aliphatic carbocycles. The highest BCUT2D eigenvalue weighted by molar-refractivity contribution is 6.30. The molecule has 0 atom stereocenters. The third-order valence-corrected chi connectivity index (χ3v) is 5.28. The Labute approximate surface area is 192 Å². The maximum absolute atomic E-state index is 13.4. The van der Waals surface area contributed by atoms with Crippen LogP contribution in [0, 0.1) is 0 Å². The molecular formula is C24H19ClF3N3O2. The normalized spacial score (nSPS) is 12.2. The molecule has 0 amide bonds. The van der Waals surface area contributed by atoms with E-state index in [1.54, 1.807) is 35.1 Å². The molecule has 9 heteroatoms. The van der Waals surface area contributed by atoms with Gasteiger partial charge < -0.3 is 4.74 Å². The molecule has 0 aliphatic heterocycles. The highest BCUT2D eigenvalue weighted by Gasteiger charge is 2.34. The Morgan fingerprint density at radius 3 is 2.39 bits per heavy atom. The summed E-state index contributed by atoms with van der Waals surface area (Å²) in [6.45, 7) is 5.87. The second kappa shape index (κ2) is 8.19. The number of ether oxygens (including phenoxy) is 1. The first-order valence-electron chi connectivity index (χ1n) is 9.98. The molecule has 0 N–H and O–H groups in total. The van der Waals surface area contributed by atoms with E-state index < -0.39 is 16.9 Å². The van der Waals surface area contributed by atoms with Gasteiger partial charge >= 0.3 is 6.18 Å². The summed E-state index contributed by atoms with van der Waals surface area (Å²) < 4.78 is 46.7. The van der Waals surface area contributed by atoms with Crippen LogP contribution in [0.25, 0.3) is 10.8 Å². The van der Waals surface area contributed by atoms with Gasteiger partial charge in [0.05, 0.1) is 28.4 Å². The molecular weight excluding hydrogens is 455 g/mol. The minimum absolute atomic E-state index is 0.163. The SMILES string of the molecule is CC(C)(C)n1cc(C(=O)c2ccc3ccccc3c2Oc2ccc(C(F)(F)F)c(Cl)n2)cn1. The summed E-state index contributed by atoms with van der Waals surface area (Å²) in [5, 5.41) is 4.92. The molecule has 170 valence electrons. The Hall–Kier alpha value is -3.39. The second-order valence-electron chi connectivity index (χ2n) is 8.42. The summed E-state index contributed by atoms with van der Waals surface area (Å²) in [6.07, 6.45) is -1.52. The number of carbonyl (C=O) groups is 1. The average Bonchev–Trinajstić information content (AvgIpc) is 3.23. The fourth-order valence-corrected chi connectivity index (χ4v) is 3.54. The smallest absolute Gasteiger partial charge is 0.419 e. The standard InChI is InChI=1S/C24H19ClF3N3O2/c1-23(2,3)31-13-15(12-29-31)20(32)17-9-8-14-6-4-5-7-16(14)21(17)33-19-11-10-18(22(25)30-19)24(26,27)28/h4-13H,1-3H3. The van der Waals surface area contributed by atoms with E-state index in [1.807, 2.05) is 32.9 Å². The molecule has 0 saturated carbocycles. The molecule has 0 saturated heterocycles. The van der Waals surface area contributed by atoms with Gasteiger partial charge in [-0.2, -0.15) is 18.3 Å². The van der Waals surface area contributed by atoms with Gasteiger partial charge in [0.15, 0.2) is 5.78 Å². The molecule has 4 aromatic rings. The molecule has 33 heavy (non-hydrogen) atoms. The summed E-state index contributed by atoms with van der Waals surface area (Å²) in [5.74, 6) is -0.335. The number of ketones is 1. The number of halogens is 4. The molecule has 0 unspecified atom stereocenters. The summed E-state index contributed by atoms with van der Waals surface area (Å²) in [5.41, 5.74) is -0.814. The summed E-state index contributed by atoms with van der Waals surface area (Å²) in [6, 6.07) is 12.4. The molecule has 2 aromatic carbocycles. The number of benzene rings is 2. The zero-order valence-electron chi connectivity index (χ0n) is 17.9. The number of aromatic nitrogens is 3. The molecule has 0 radical (unpaired) electrons. The maximum atomic E-state index is 13.4. The highest BCUT2D eigenvalue weighted by atomic mass is 35.5. The van der Waals surface area contributed by atoms with Crippen LogP contribution in [-0.4, -0.2) is 20.5 Å². The van der Waals surface area contributed by atoms with E-state index in [0.717, 1.165) is 17.5 Å². The molecule has 4 rings (SSSR count). The predicted octanol–water partition coefficient (Wildman–Crippen LogP) is 6.88. The lowest BCUT2D eigenvalue weighted by Crippen LogP contribution is -2.22. The fraction of sp³-hybridized carbons (Fsp3) is 0.208. The van der Waals surface area contributed by atoms with Gasteiger partial charge in [-0.25, -0.2) is 4.98 Å². The number of pyridine rings is 1. The van der Waals surface area contributed by atoms with Crippen LogP contribution in [0.3, 0.4) is 0 Å². The Kier molecular flexibility index (Phi) is 5.66. The van der Waals surface area contributed by atoms with Gasteiger partial charge in [-0.05, 0) is 38.3 Å². The largest absolute Gasteiger partial charge is 0.438 e. The van der Waals surface area contributed by atoms with Crippen molar-refractivity contribution in [3.8, 4) is 11.6 Å². The molecule has 0 spiro atoms. The van der Waals surface area contributed by atoms with Crippen molar-refractivity contribution < 1.29 is 22.7 Å². The Morgan fingerprint density at radius 2 is 1.76 bits per heavy atom. The van der Waals surface area contributed by atoms with Crippen LogP contribution < -0.4 is 4.74 Å². The number of rotatable bonds is 4. The van der Waals surface area contributed by atoms with Gasteiger partial charge in [0, 0.05) is 17.6 Å². The first-order valence-corrected chi connectivity index (χ1v) is 10.4. The summed E-state index contributed by atoms with van der Waals surface area (Å²) in [7, 11) is 0. The van der Waals surface area contributed by atoms with Crippen LogP contribution in [0.4, 0.5) is 13.2 Å². The van der Waals surface area contributed by atoms with Crippen LogP contribution in [0.15, 0.2) is 60.9 Å².